The van der Waals surface area contributed by atoms with Crippen LogP contribution >= 0.6 is 0 Å². The van der Waals surface area contributed by atoms with Crippen molar-refractivity contribution in [2.45, 2.75) is 20.8 Å². The predicted molar refractivity (Wildman–Crippen MR) is 57.9 cm³/mol. The summed E-state index contributed by atoms with van der Waals surface area (Å²) in [5, 5.41) is 0. The Morgan fingerprint density at radius 2 is 2.13 bits per heavy atom. The summed E-state index contributed by atoms with van der Waals surface area (Å²) in [5.74, 6) is 0.371. The molecule has 0 bridgehead atoms. The van der Waals surface area contributed by atoms with Crippen LogP contribution in [0.3, 0.4) is 0 Å². The van der Waals surface area contributed by atoms with Crippen molar-refractivity contribution in [3.05, 3.63) is 29.7 Å². The smallest absolute Gasteiger partial charge is 0.200 e. The first-order chi connectivity index (χ1) is 7.08. The molecule has 3 nitrogen and oxygen atoms in total. The van der Waals surface area contributed by atoms with Gasteiger partial charge in [-0.3, -0.25) is 4.79 Å². The molecule has 0 amide bonds. The van der Waals surface area contributed by atoms with Gasteiger partial charge in [-0.15, -0.1) is 0 Å². The van der Waals surface area contributed by atoms with Crippen LogP contribution in [0, 0.1) is 12.8 Å². The first-order valence-corrected chi connectivity index (χ1v) is 4.99. The lowest BCUT2D eigenvalue weighted by Gasteiger charge is -1.97. The number of furan rings is 1. The molecule has 0 spiro atoms. The molecule has 0 aliphatic heterocycles. The molecule has 2 aromatic rings. The van der Waals surface area contributed by atoms with E-state index < -0.39 is 0 Å². The number of hydrogen-bond donors (Lipinski definition) is 0. The topological polar surface area (TPSA) is 43.1 Å². The van der Waals surface area contributed by atoms with Gasteiger partial charge in [-0.25, -0.2) is 4.98 Å². The maximum Gasteiger partial charge on any atom is 0.200 e. The number of carbonyl (C=O) groups excluding carboxylic acids is 1. The number of carbonyl (C=O) groups is 1. The zero-order valence-corrected chi connectivity index (χ0v) is 9.07. The largest absolute Gasteiger partial charge is 0.451 e. The third-order valence-corrected chi connectivity index (χ3v) is 2.28. The zero-order valence-electron chi connectivity index (χ0n) is 9.07. The van der Waals surface area contributed by atoms with E-state index in [1.165, 1.54) is 0 Å². The predicted octanol–water partition coefficient (Wildman–Crippen LogP) is 2.97. The van der Waals surface area contributed by atoms with Gasteiger partial charge in [0.2, 0.25) is 5.78 Å². The van der Waals surface area contributed by atoms with E-state index >= 15 is 0 Å². The molecule has 0 unspecified atom stereocenters. The standard InChI is InChI=1S/C12H13NO2/c1-7(2)12(14)11-6-9-10(15-11)5-4-8(3)13-9/h4-7H,1-3H3. The Morgan fingerprint density at radius 3 is 2.80 bits per heavy atom. The Balaban J connectivity index is 2.52. The number of aryl methyl sites for hydroxylation is 1. The molecule has 0 radical (unpaired) electrons. The number of ketones is 1. The quantitative estimate of drug-likeness (QED) is 0.705. The van der Waals surface area contributed by atoms with Crippen molar-refractivity contribution in [1.29, 1.82) is 0 Å². The van der Waals surface area contributed by atoms with Gasteiger partial charge >= 0.3 is 0 Å². The Bertz CT molecular complexity index is 511. The van der Waals surface area contributed by atoms with Gasteiger partial charge in [-0.1, -0.05) is 13.8 Å². The number of fused-ring (bicyclic) bond motifs is 1. The lowest BCUT2D eigenvalue weighted by molar-refractivity contribution is 0.0913. The Hall–Kier alpha value is -1.64. The van der Waals surface area contributed by atoms with Gasteiger partial charge in [-0.2, -0.15) is 0 Å². The van der Waals surface area contributed by atoms with Crippen LogP contribution in [0.2, 0.25) is 0 Å². The number of Topliss-reactive ketones (excluding diaryl/α,β-unsaturated/α-hetero) is 1. The maximum absolute atomic E-state index is 11.7. The Morgan fingerprint density at radius 1 is 1.40 bits per heavy atom. The fourth-order valence-corrected chi connectivity index (χ4v) is 1.43. The monoisotopic (exact) mass is 203 g/mol. The van der Waals surface area contributed by atoms with Gasteiger partial charge < -0.3 is 4.42 Å². The highest BCUT2D eigenvalue weighted by atomic mass is 16.3. The molecule has 0 fully saturated rings. The summed E-state index contributed by atoms with van der Waals surface area (Å²) in [6, 6.07) is 5.43. The van der Waals surface area contributed by atoms with Gasteiger partial charge in [0, 0.05) is 17.7 Å². The molecule has 2 aromatic heterocycles. The first kappa shape index (κ1) is 9.90. The van der Waals surface area contributed by atoms with Crippen LogP contribution in [-0.4, -0.2) is 10.8 Å². The van der Waals surface area contributed by atoms with Crippen LogP contribution < -0.4 is 0 Å². The summed E-state index contributed by atoms with van der Waals surface area (Å²) in [6.45, 7) is 5.62. The van der Waals surface area contributed by atoms with Crippen LogP contribution in [0.4, 0.5) is 0 Å². The number of aromatic nitrogens is 1. The van der Waals surface area contributed by atoms with E-state index in [4.69, 9.17) is 4.42 Å². The van der Waals surface area contributed by atoms with Crippen molar-refractivity contribution in [2.75, 3.05) is 0 Å². The van der Waals surface area contributed by atoms with Crippen LogP contribution in [-0.2, 0) is 0 Å². The summed E-state index contributed by atoms with van der Waals surface area (Å²) >= 11 is 0. The van der Waals surface area contributed by atoms with Crippen LogP contribution in [0.25, 0.3) is 11.1 Å². The molecule has 0 aromatic carbocycles. The van der Waals surface area contributed by atoms with E-state index in [0.29, 0.717) is 11.3 Å². The molecule has 15 heavy (non-hydrogen) atoms. The molecule has 2 rings (SSSR count). The van der Waals surface area contributed by atoms with Gasteiger partial charge in [0.15, 0.2) is 11.3 Å². The van der Waals surface area contributed by atoms with E-state index in [-0.39, 0.29) is 11.7 Å². The molecule has 2 heterocycles. The summed E-state index contributed by atoms with van der Waals surface area (Å²) in [4.78, 5) is 16.0. The average molecular weight is 203 g/mol. The van der Waals surface area contributed by atoms with E-state index in [0.717, 1.165) is 11.2 Å². The van der Waals surface area contributed by atoms with Gasteiger partial charge in [0.1, 0.15) is 5.52 Å². The van der Waals surface area contributed by atoms with Crippen molar-refractivity contribution < 1.29 is 9.21 Å². The number of rotatable bonds is 2. The van der Waals surface area contributed by atoms with Crippen molar-refractivity contribution in [2.24, 2.45) is 5.92 Å². The van der Waals surface area contributed by atoms with E-state index in [1.54, 1.807) is 6.07 Å². The number of nitrogens with zero attached hydrogens (tertiary/aromatic N) is 1. The molecule has 0 N–H and O–H groups in total. The van der Waals surface area contributed by atoms with Crippen molar-refractivity contribution in [1.82, 2.24) is 4.98 Å². The Kier molecular flexibility index (Phi) is 2.31. The summed E-state index contributed by atoms with van der Waals surface area (Å²) < 4.78 is 5.43. The second-order valence-corrected chi connectivity index (χ2v) is 3.97. The molecular formula is C12H13NO2. The van der Waals surface area contributed by atoms with Crippen molar-refractivity contribution in [3.8, 4) is 0 Å². The molecule has 0 saturated heterocycles. The molecule has 0 aliphatic carbocycles. The number of hydrogen-bond acceptors (Lipinski definition) is 3. The normalized spacial score (nSPS) is 11.2. The van der Waals surface area contributed by atoms with E-state index in [1.807, 2.05) is 32.9 Å². The van der Waals surface area contributed by atoms with Gasteiger partial charge in [0.05, 0.1) is 0 Å². The maximum atomic E-state index is 11.7. The average Bonchev–Trinajstić information content (AvgIpc) is 2.58. The minimum absolute atomic E-state index is 0.0191. The minimum Gasteiger partial charge on any atom is -0.451 e. The number of pyridine rings is 1. The molecule has 78 valence electrons. The first-order valence-electron chi connectivity index (χ1n) is 4.99. The molecule has 3 heteroatoms. The molecule has 0 aliphatic rings. The minimum atomic E-state index is -0.0494. The highest BCUT2D eigenvalue weighted by Gasteiger charge is 2.15. The van der Waals surface area contributed by atoms with E-state index in [2.05, 4.69) is 4.98 Å². The summed E-state index contributed by atoms with van der Waals surface area (Å²) in [7, 11) is 0. The molecular weight excluding hydrogens is 190 g/mol. The highest BCUT2D eigenvalue weighted by Crippen LogP contribution is 2.20. The fourth-order valence-electron chi connectivity index (χ4n) is 1.43. The second-order valence-electron chi connectivity index (χ2n) is 3.97. The summed E-state index contributed by atoms with van der Waals surface area (Å²) in [6.07, 6.45) is 0. The lowest BCUT2D eigenvalue weighted by Crippen LogP contribution is -2.05. The molecule has 0 atom stereocenters. The SMILES string of the molecule is Cc1ccc2oc(C(=O)C(C)C)cc2n1. The lowest BCUT2D eigenvalue weighted by atomic mass is 10.1. The highest BCUT2D eigenvalue weighted by molar-refractivity contribution is 5.97. The van der Waals surface area contributed by atoms with Crippen LogP contribution in [0.1, 0.15) is 30.1 Å². The third kappa shape index (κ3) is 1.77. The zero-order chi connectivity index (χ0) is 11.0. The van der Waals surface area contributed by atoms with E-state index in [9.17, 15) is 4.79 Å². The summed E-state index contributed by atoms with van der Waals surface area (Å²) in [5.41, 5.74) is 2.34. The molecule has 0 saturated carbocycles. The van der Waals surface area contributed by atoms with Crippen molar-refractivity contribution >= 4 is 16.9 Å². The fraction of sp³-hybridized carbons (Fsp3) is 0.333. The van der Waals surface area contributed by atoms with Crippen LogP contribution in [0.5, 0.6) is 0 Å². The van der Waals surface area contributed by atoms with Crippen molar-refractivity contribution in [3.63, 3.8) is 0 Å². The van der Waals surface area contributed by atoms with Crippen LogP contribution in [0.15, 0.2) is 22.6 Å². The second kappa shape index (κ2) is 3.50. The Labute approximate surface area is 88.1 Å². The van der Waals surface area contributed by atoms with Gasteiger partial charge in [-0.05, 0) is 19.1 Å². The third-order valence-electron chi connectivity index (χ3n) is 2.28. The van der Waals surface area contributed by atoms with Gasteiger partial charge in [0.25, 0.3) is 0 Å².